The van der Waals surface area contributed by atoms with E-state index >= 15 is 0 Å². The lowest BCUT2D eigenvalue weighted by atomic mass is 10.1. The van der Waals surface area contributed by atoms with Crippen LogP contribution in [0.5, 0.6) is 0 Å². The molecule has 0 amide bonds. The first kappa shape index (κ1) is 22.5. The molecule has 31 heavy (non-hydrogen) atoms. The van der Waals surface area contributed by atoms with Gasteiger partial charge in [-0.15, -0.1) is 0 Å². The van der Waals surface area contributed by atoms with Crippen molar-refractivity contribution in [1.82, 2.24) is 0 Å². The van der Waals surface area contributed by atoms with Crippen molar-refractivity contribution in [2.45, 2.75) is 18.5 Å². The molecule has 0 saturated heterocycles. The second-order valence-electron chi connectivity index (χ2n) is 6.48. The molecule has 0 aliphatic heterocycles. The molecule has 0 aliphatic carbocycles. The lowest BCUT2D eigenvalue weighted by Crippen LogP contribution is -2.15. The second-order valence-corrected chi connectivity index (χ2v) is 6.48. The Balaban J connectivity index is 2.24. The van der Waals surface area contributed by atoms with Crippen LogP contribution in [0.15, 0.2) is 72.8 Å². The highest BCUT2D eigenvalue weighted by atomic mass is 19.4. The molecule has 0 spiro atoms. The highest BCUT2D eigenvalue weighted by Gasteiger charge is 2.34. The Morgan fingerprint density at radius 2 is 0.677 bits per heavy atom. The molecule has 0 N–H and O–H groups in total. The quantitative estimate of drug-likeness (QED) is 0.364. The maximum absolute atomic E-state index is 13.2. The molecule has 3 aromatic carbocycles. The molecule has 0 bridgehead atoms. The van der Waals surface area contributed by atoms with E-state index in [9.17, 15) is 39.5 Å². The molecule has 0 aromatic heterocycles. The van der Waals surface area contributed by atoms with Gasteiger partial charge < -0.3 is 4.90 Å². The topological polar surface area (TPSA) is 3.24 Å². The lowest BCUT2D eigenvalue weighted by Gasteiger charge is -2.27. The Morgan fingerprint density at radius 1 is 0.419 bits per heavy atom. The Morgan fingerprint density at radius 3 is 0.903 bits per heavy atom. The van der Waals surface area contributed by atoms with Gasteiger partial charge in [-0.25, -0.2) is 0 Å². The summed E-state index contributed by atoms with van der Waals surface area (Å²) in [7, 11) is 0. The van der Waals surface area contributed by atoms with E-state index in [2.05, 4.69) is 0 Å². The number of benzene rings is 3. The van der Waals surface area contributed by atoms with Crippen LogP contribution in [0.25, 0.3) is 0 Å². The zero-order valence-electron chi connectivity index (χ0n) is 15.3. The van der Waals surface area contributed by atoms with Crippen LogP contribution in [0, 0.1) is 0 Å². The summed E-state index contributed by atoms with van der Waals surface area (Å²) in [5, 5.41) is 0. The summed E-state index contributed by atoms with van der Waals surface area (Å²) in [4.78, 5) is 0.903. The SMILES string of the molecule is FC(F)(F)c1cccc(N(c2cccc(C(F)(F)F)c2)c2cccc(C(F)(F)F)c2)c1. The van der Waals surface area contributed by atoms with Crippen molar-refractivity contribution < 1.29 is 39.5 Å². The van der Waals surface area contributed by atoms with Gasteiger partial charge in [0, 0.05) is 17.1 Å². The molecule has 0 atom stereocenters. The van der Waals surface area contributed by atoms with Crippen molar-refractivity contribution in [3.63, 3.8) is 0 Å². The van der Waals surface area contributed by atoms with Crippen molar-refractivity contribution in [3.8, 4) is 0 Å². The third-order valence-electron chi connectivity index (χ3n) is 4.30. The van der Waals surface area contributed by atoms with Crippen LogP contribution in [0.2, 0.25) is 0 Å². The van der Waals surface area contributed by atoms with Gasteiger partial charge in [-0.3, -0.25) is 0 Å². The molecule has 3 rings (SSSR count). The van der Waals surface area contributed by atoms with Crippen molar-refractivity contribution in [2.75, 3.05) is 4.90 Å². The molecular weight excluding hydrogens is 437 g/mol. The van der Waals surface area contributed by atoms with Crippen molar-refractivity contribution in [3.05, 3.63) is 89.5 Å². The number of halogens is 9. The number of rotatable bonds is 3. The average molecular weight is 449 g/mol. The summed E-state index contributed by atoms with van der Waals surface area (Å²) in [5.74, 6) is 0. The molecule has 0 radical (unpaired) electrons. The lowest BCUT2D eigenvalue weighted by molar-refractivity contribution is -0.138. The predicted molar refractivity (Wildman–Crippen MR) is 96.1 cm³/mol. The standard InChI is InChI=1S/C21H12F9N/c22-19(23,24)13-4-1-7-16(10-13)31(17-8-2-5-14(11-17)20(25,26)27)18-9-3-6-15(12-18)21(28,29)30/h1-12H. The number of hydrogen-bond acceptors (Lipinski definition) is 1. The number of alkyl halides is 9. The summed E-state index contributed by atoms with van der Waals surface area (Å²) in [6.07, 6.45) is -14.3. The molecule has 0 fully saturated rings. The Hall–Kier alpha value is -3.17. The van der Waals surface area contributed by atoms with Crippen LogP contribution in [0.4, 0.5) is 56.6 Å². The minimum absolute atomic E-state index is 0.256. The van der Waals surface area contributed by atoms with E-state index < -0.39 is 35.2 Å². The van der Waals surface area contributed by atoms with Gasteiger partial charge in [-0.2, -0.15) is 39.5 Å². The van der Waals surface area contributed by atoms with Crippen molar-refractivity contribution >= 4 is 17.1 Å². The third kappa shape index (κ3) is 5.12. The summed E-state index contributed by atoms with van der Waals surface area (Å²) in [5.41, 5.74) is -4.08. The zero-order valence-corrected chi connectivity index (χ0v) is 15.3. The van der Waals surface area contributed by atoms with Gasteiger partial charge >= 0.3 is 18.5 Å². The monoisotopic (exact) mass is 449 g/mol. The van der Waals surface area contributed by atoms with Gasteiger partial charge in [0.2, 0.25) is 0 Å². The van der Waals surface area contributed by atoms with E-state index in [-0.39, 0.29) is 17.1 Å². The number of hydrogen-bond donors (Lipinski definition) is 0. The second kappa shape index (κ2) is 7.82. The molecule has 0 aliphatic rings. The molecule has 3 aromatic rings. The Labute approximate surface area is 170 Å². The molecule has 164 valence electrons. The van der Waals surface area contributed by atoms with Crippen molar-refractivity contribution in [1.29, 1.82) is 0 Å². The van der Waals surface area contributed by atoms with E-state index in [4.69, 9.17) is 0 Å². The smallest absolute Gasteiger partial charge is 0.310 e. The van der Waals surface area contributed by atoms with Gasteiger partial charge in [0.25, 0.3) is 0 Å². The number of anilines is 3. The molecule has 10 heteroatoms. The highest BCUT2D eigenvalue weighted by molar-refractivity contribution is 5.77. The van der Waals surface area contributed by atoms with Crippen LogP contribution >= 0.6 is 0 Å². The van der Waals surface area contributed by atoms with Crippen LogP contribution < -0.4 is 4.90 Å². The van der Waals surface area contributed by atoms with Crippen molar-refractivity contribution in [2.24, 2.45) is 0 Å². The first-order valence-corrected chi connectivity index (χ1v) is 8.59. The molecule has 0 unspecified atom stereocenters. The van der Waals surface area contributed by atoms with E-state index in [0.29, 0.717) is 18.2 Å². The normalized spacial score (nSPS) is 12.7. The van der Waals surface area contributed by atoms with Crippen LogP contribution in [0.3, 0.4) is 0 Å². The van der Waals surface area contributed by atoms with Crippen LogP contribution in [-0.2, 0) is 18.5 Å². The van der Waals surface area contributed by atoms with Gasteiger partial charge in [0.15, 0.2) is 0 Å². The summed E-state index contributed by atoms with van der Waals surface area (Å²) < 4.78 is 118. The molecular formula is C21H12F9N. The Kier molecular flexibility index (Phi) is 5.68. The van der Waals surface area contributed by atoms with Gasteiger partial charge in [-0.05, 0) is 54.6 Å². The summed E-state index contributed by atoms with van der Waals surface area (Å²) in [6, 6.07) is 10.8. The fraction of sp³-hybridized carbons (Fsp3) is 0.143. The van der Waals surface area contributed by atoms with Gasteiger partial charge in [0.1, 0.15) is 0 Å². The maximum atomic E-state index is 13.2. The largest absolute Gasteiger partial charge is 0.416 e. The summed E-state index contributed by atoms with van der Waals surface area (Å²) >= 11 is 0. The molecule has 0 saturated carbocycles. The van der Waals surface area contributed by atoms with E-state index in [1.54, 1.807) is 0 Å². The minimum Gasteiger partial charge on any atom is -0.310 e. The molecule has 1 nitrogen and oxygen atoms in total. The van der Waals surface area contributed by atoms with Gasteiger partial charge in [-0.1, -0.05) is 18.2 Å². The third-order valence-corrected chi connectivity index (χ3v) is 4.30. The molecule has 0 heterocycles. The predicted octanol–water partition coefficient (Wildman–Crippen LogP) is 8.21. The average Bonchev–Trinajstić information content (AvgIpc) is 2.67. The first-order valence-electron chi connectivity index (χ1n) is 8.59. The van der Waals surface area contributed by atoms with E-state index in [0.717, 1.165) is 59.5 Å². The fourth-order valence-corrected chi connectivity index (χ4v) is 2.91. The van der Waals surface area contributed by atoms with Crippen LogP contribution in [0.1, 0.15) is 16.7 Å². The Bertz CT molecular complexity index is 928. The van der Waals surface area contributed by atoms with Gasteiger partial charge in [0.05, 0.1) is 16.7 Å². The number of nitrogens with zero attached hydrogens (tertiary/aromatic N) is 1. The zero-order chi connectivity index (χ0) is 23.0. The first-order chi connectivity index (χ1) is 14.3. The van der Waals surface area contributed by atoms with Crippen LogP contribution in [-0.4, -0.2) is 0 Å². The fourth-order valence-electron chi connectivity index (χ4n) is 2.91. The van der Waals surface area contributed by atoms with E-state index in [1.807, 2.05) is 0 Å². The summed E-state index contributed by atoms with van der Waals surface area (Å²) in [6.45, 7) is 0. The minimum atomic E-state index is -4.76. The highest BCUT2D eigenvalue weighted by Crippen LogP contribution is 2.41. The maximum Gasteiger partial charge on any atom is 0.416 e. The van der Waals surface area contributed by atoms with E-state index in [1.165, 1.54) is 0 Å².